The van der Waals surface area contributed by atoms with Crippen LogP contribution in [0.25, 0.3) is 5.52 Å². The van der Waals surface area contributed by atoms with Gasteiger partial charge in [0.2, 0.25) is 5.82 Å². The Kier molecular flexibility index (Phi) is 4.87. The molecule has 0 saturated carbocycles. The molecule has 0 unspecified atom stereocenters. The molecule has 4 aromatic rings. The highest BCUT2D eigenvalue weighted by Crippen LogP contribution is 2.18. The SMILES string of the molecule is Cc1ccc(NC(=O)c2nc(C(=O)NCc3ccco3)n3ccccc23)cc1C. The first-order chi connectivity index (χ1) is 14.0. The lowest BCUT2D eigenvalue weighted by molar-refractivity contribution is 0.0937. The lowest BCUT2D eigenvalue weighted by Gasteiger charge is -2.06. The van der Waals surface area contributed by atoms with Gasteiger partial charge in [-0.2, -0.15) is 0 Å². The number of rotatable bonds is 5. The fraction of sp³-hybridized carbons (Fsp3) is 0.136. The summed E-state index contributed by atoms with van der Waals surface area (Å²) in [6.07, 6.45) is 3.25. The van der Waals surface area contributed by atoms with Gasteiger partial charge < -0.3 is 15.1 Å². The normalized spacial score (nSPS) is 10.8. The van der Waals surface area contributed by atoms with E-state index in [4.69, 9.17) is 4.42 Å². The number of benzene rings is 1. The van der Waals surface area contributed by atoms with Crippen molar-refractivity contribution in [2.45, 2.75) is 20.4 Å². The van der Waals surface area contributed by atoms with E-state index in [0.717, 1.165) is 11.1 Å². The summed E-state index contributed by atoms with van der Waals surface area (Å²) < 4.78 is 6.83. The molecule has 0 radical (unpaired) electrons. The van der Waals surface area contributed by atoms with Crippen LogP contribution in [0, 0.1) is 13.8 Å². The molecule has 0 atom stereocenters. The number of carbonyl (C=O) groups is 2. The van der Waals surface area contributed by atoms with E-state index in [1.54, 1.807) is 47.2 Å². The molecular weight excluding hydrogens is 368 g/mol. The van der Waals surface area contributed by atoms with Gasteiger partial charge in [0.15, 0.2) is 5.69 Å². The van der Waals surface area contributed by atoms with E-state index in [9.17, 15) is 9.59 Å². The topological polar surface area (TPSA) is 88.6 Å². The Morgan fingerprint density at radius 2 is 1.90 bits per heavy atom. The molecule has 0 aliphatic heterocycles. The number of anilines is 1. The minimum Gasteiger partial charge on any atom is -0.467 e. The second-order valence-corrected chi connectivity index (χ2v) is 6.76. The van der Waals surface area contributed by atoms with Gasteiger partial charge in [-0.1, -0.05) is 12.1 Å². The van der Waals surface area contributed by atoms with Gasteiger partial charge in [0.05, 0.1) is 18.3 Å². The molecule has 0 bridgehead atoms. The monoisotopic (exact) mass is 388 g/mol. The van der Waals surface area contributed by atoms with Crippen LogP contribution in [0.1, 0.15) is 38.0 Å². The Hall–Kier alpha value is -3.87. The summed E-state index contributed by atoms with van der Waals surface area (Å²) in [7, 11) is 0. The fourth-order valence-corrected chi connectivity index (χ4v) is 3.03. The van der Waals surface area contributed by atoms with Crippen LogP contribution in [0.15, 0.2) is 65.4 Å². The zero-order valence-electron chi connectivity index (χ0n) is 16.1. The first kappa shape index (κ1) is 18.5. The second kappa shape index (κ2) is 7.63. The van der Waals surface area contributed by atoms with Crippen LogP contribution in [0.5, 0.6) is 0 Å². The summed E-state index contributed by atoms with van der Waals surface area (Å²) in [6, 6.07) is 14.6. The zero-order chi connectivity index (χ0) is 20.4. The third kappa shape index (κ3) is 3.75. The summed E-state index contributed by atoms with van der Waals surface area (Å²) in [4.78, 5) is 29.9. The molecule has 146 valence electrons. The molecule has 1 aromatic carbocycles. The van der Waals surface area contributed by atoms with Crippen LogP contribution in [0.3, 0.4) is 0 Å². The minimum atomic E-state index is -0.396. The number of imidazole rings is 1. The smallest absolute Gasteiger partial charge is 0.288 e. The van der Waals surface area contributed by atoms with Crippen LogP contribution in [-0.4, -0.2) is 21.2 Å². The largest absolute Gasteiger partial charge is 0.467 e. The molecule has 7 nitrogen and oxygen atoms in total. The molecule has 0 fully saturated rings. The van der Waals surface area contributed by atoms with Crippen LogP contribution in [-0.2, 0) is 6.54 Å². The van der Waals surface area contributed by atoms with Gasteiger partial charge in [-0.25, -0.2) is 4.98 Å². The zero-order valence-corrected chi connectivity index (χ0v) is 16.1. The number of furan rings is 1. The first-order valence-corrected chi connectivity index (χ1v) is 9.19. The molecule has 2 amide bonds. The van der Waals surface area contributed by atoms with Gasteiger partial charge in [0.25, 0.3) is 11.8 Å². The van der Waals surface area contributed by atoms with Crippen molar-refractivity contribution in [3.8, 4) is 0 Å². The van der Waals surface area contributed by atoms with E-state index in [0.29, 0.717) is 17.0 Å². The van der Waals surface area contributed by atoms with Crippen molar-refractivity contribution < 1.29 is 14.0 Å². The number of aryl methyl sites for hydroxylation is 2. The molecule has 0 spiro atoms. The summed E-state index contributed by atoms with van der Waals surface area (Å²) in [5.74, 6) is -0.000759. The van der Waals surface area contributed by atoms with Crippen LogP contribution in [0.2, 0.25) is 0 Å². The number of hydrogen-bond donors (Lipinski definition) is 2. The highest BCUT2D eigenvalue weighted by atomic mass is 16.3. The summed E-state index contributed by atoms with van der Waals surface area (Å²) >= 11 is 0. The standard InChI is InChI=1S/C22H20N4O3/c1-14-8-9-16(12-15(14)2)24-21(27)19-18-7-3-4-10-26(18)20(25-19)22(28)23-13-17-6-5-11-29-17/h3-12H,13H2,1-2H3,(H,23,28)(H,24,27). The van der Waals surface area contributed by atoms with Crippen molar-refractivity contribution >= 4 is 23.0 Å². The molecular formula is C22H20N4O3. The Balaban J connectivity index is 1.61. The Labute approximate surface area is 167 Å². The van der Waals surface area contributed by atoms with Gasteiger partial charge in [-0.3, -0.25) is 14.0 Å². The van der Waals surface area contributed by atoms with Crippen LogP contribution < -0.4 is 10.6 Å². The van der Waals surface area contributed by atoms with Gasteiger partial charge in [-0.05, 0) is 61.4 Å². The number of nitrogens with zero attached hydrogens (tertiary/aromatic N) is 2. The van der Waals surface area contributed by atoms with Crippen LogP contribution >= 0.6 is 0 Å². The third-order valence-electron chi connectivity index (χ3n) is 4.73. The second-order valence-electron chi connectivity index (χ2n) is 6.76. The average molecular weight is 388 g/mol. The number of fused-ring (bicyclic) bond motifs is 1. The van der Waals surface area contributed by atoms with Crippen molar-refractivity contribution in [3.05, 3.63) is 89.4 Å². The lowest BCUT2D eigenvalue weighted by atomic mass is 10.1. The van der Waals surface area contributed by atoms with E-state index >= 15 is 0 Å². The Morgan fingerprint density at radius 1 is 1.03 bits per heavy atom. The maximum Gasteiger partial charge on any atom is 0.288 e. The average Bonchev–Trinajstić information content (AvgIpc) is 3.37. The first-order valence-electron chi connectivity index (χ1n) is 9.19. The van der Waals surface area contributed by atoms with Gasteiger partial charge in [0.1, 0.15) is 5.76 Å². The minimum absolute atomic E-state index is 0.136. The third-order valence-corrected chi connectivity index (χ3v) is 4.73. The van der Waals surface area contributed by atoms with Crippen molar-refractivity contribution in [2.75, 3.05) is 5.32 Å². The quantitative estimate of drug-likeness (QED) is 0.545. The molecule has 0 aliphatic carbocycles. The molecule has 29 heavy (non-hydrogen) atoms. The number of carbonyl (C=O) groups excluding carboxylic acids is 2. The van der Waals surface area contributed by atoms with Gasteiger partial charge in [-0.15, -0.1) is 0 Å². The van der Waals surface area contributed by atoms with Crippen molar-refractivity contribution in [1.82, 2.24) is 14.7 Å². The lowest BCUT2D eigenvalue weighted by Crippen LogP contribution is -2.25. The molecule has 0 saturated heterocycles. The van der Waals surface area contributed by atoms with Gasteiger partial charge >= 0.3 is 0 Å². The molecule has 3 aromatic heterocycles. The van der Waals surface area contributed by atoms with Crippen molar-refractivity contribution in [3.63, 3.8) is 0 Å². The summed E-state index contributed by atoms with van der Waals surface area (Å²) in [5.41, 5.74) is 3.64. The number of amides is 2. The molecule has 4 rings (SSSR count). The van der Waals surface area contributed by atoms with E-state index in [1.807, 2.05) is 32.0 Å². The van der Waals surface area contributed by atoms with Crippen molar-refractivity contribution in [1.29, 1.82) is 0 Å². The maximum absolute atomic E-state index is 12.9. The van der Waals surface area contributed by atoms with E-state index in [1.165, 1.54) is 0 Å². The van der Waals surface area contributed by atoms with Gasteiger partial charge in [0, 0.05) is 11.9 Å². The fourth-order valence-electron chi connectivity index (χ4n) is 3.03. The van der Waals surface area contributed by atoms with E-state index in [-0.39, 0.29) is 24.0 Å². The maximum atomic E-state index is 12.9. The number of nitrogens with one attached hydrogen (secondary N) is 2. The van der Waals surface area contributed by atoms with Crippen LogP contribution in [0.4, 0.5) is 5.69 Å². The number of pyridine rings is 1. The predicted molar refractivity (Wildman–Crippen MR) is 109 cm³/mol. The van der Waals surface area contributed by atoms with E-state index in [2.05, 4.69) is 15.6 Å². The van der Waals surface area contributed by atoms with Crippen molar-refractivity contribution in [2.24, 2.45) is 0 Å². The predicted octanol–water partition coefficient (Wildman–Crippen LogP) is 3.73. The molecule has 3 heterocycles. The highest BCUT2D eigenvalue weighted by Gasteiger charge is 2.21. The number of hydrogen-bond acceptors (Lipinski definition) is 4. The Morgan fingerprint density at radius 3 is 2.66 bits per heavy atom. The number of aromatic nitrogens is 2. The molecule has 0 aliphatic rings. The summed E-state index contributed by atoms with van der Waals surface area (Å²) in [5, 5.41) is 5.62. The molecule has 2 N–H and O–H groups in total. The Bertz CT molecular complexity index is 1190. The molecule has 7 heteroatoms. The van der Waals surface area contributed by atoms with E-state index < -0.39 is 5.91 Å². The highest BCUT2D eigenvalue weighted by molar-refractivity contribution is 6.09. The summed E-state index contributed by atoms with van der Waals surface area (Å²) in [6.45, 7) is 4.23.